The van der Waals surface area contributed by atoms with Crippen LogP contribution in [-0.4, -0.2) is 25.8 Å². The van der Waals surface area contributed by atoms with Gasteiger partial charge in [0.15, 0.2) is 0 Å². The molecule has 30 heavy (non-hydrogen) atoms. The second kappa shape index (κ2) is 7.80. The van der Waals surface area contributed by atoms with E-state index in [1.54, 1.807) is 42.5 Å². The summed E-state index contributed by atoms with van der Waals surface area (Å²) in [7, 11) is -2.54. The Bertz CT molecular complexity index is 1230. The Labute approximate surface area is 176 Å². The zero-order chi connectivity index (χ0) is 21.3. The maximum Gasteiger partial charge on any atom is 0.340 e. The van der Waals surface area contributed by atoms with Crippen LogP contribution in [0.15, 0.2) is 83.8 Å². The molecule has 1 heterocycles. The Hall–Kier alpha value is -3.38. The number of carbonyl (C=O) groups excluding carboxylic acids is 1. The average Bonchev–Trinajstić information content (AvgIpc) is 2.96. The number of methoxy groups -OCH3 is 1. The molecule has 3 aromatic carbocycles. The van der Waals surface area contributed by atoms with Crippen molar-refractivity contribution in [3.05, 3.63) is 101 Å². The largest absolute Gasteiger partial charge is 0.465 e. The van der Waals surface area contributed by atoms with E-state index < -0.39 is 16.0 Å². The van der Waals surface area contributed by atoms with Crippen LogP contribution in [0.5, 0.6) is 0 Å². The van der Waals surface area contributed by atoms with E-state index in [0.29, 0.717) is 16.8 Å². The second-order valence-corrected chi connectivity index (χ2v) is 8.91. The topological polar surface area (TPSA) is 63.7 Å². The lowest BCUT2D eigenvalue weighted by Gasteiger charge is -2.22. The lowest BCUT2D eigenvalue weighted by molar-refractivity contribution is -0.133. The number of aryl methyl sites for hydroxylation is 1. The molecule has 0 spiro atoms. The maximum absolute atomic E-state index is 13.5. The molecule has 152 valence electrons. The molecule has 1 aliphatic heterocycles. The second-order valence-electron chi connectivity index (χ2n) is 7.08. The highest BCUT2D eigenvalue weighted by Crippen LogP contribution is 2.44. The van der Waals surface area contributed by atoms with Gasteiger partial charge in [-0.25, -0.2) is 13.2 Å². The normalized spacial score (nSPS) is 16.1. The van der Waals surface area contributed by atoms with Crippen molar-refractivity contribution in [2.24, 2.45) is 0 Å². The highest BCUT2D eigenvalue weighted by atomic mass is 32.2. The smallest absolute Gasteiger partial charge is 0.340 e. The van der Waals surface area contributed by atoms with Crippen LogP contribution >= 0.6 is 0 Å². The van der Waals surface area contributed by atoms with E-state index in [0.717, 1.165) is 11.1 Å². The first-order valence-corrected chi connectivity index (χ1v) is 10.9. The predicted octanol–water partition coefficient (Wildman–Crippen LogP) is 4.24. The molecule has 0 atom stereocenters. The Morgan fingerprint density at radius 3 is 2.20 bits per heavy atom. The van der Waals surface area contributed by atoms with Gasteiger partial charge in [0.1, 0.15) is 0 Å². The third-order valence-electron chi connectivity index (χ3n) is 5.07. The Morgan fingerprint density at radius 1 is 0.933 bits per heavy atom. The third kappa shape index (κ3) is 3.39. The number of hydrogen-bond acceptors (Lipinski definition) is 4. The van der Waals surface area contributed by atoms with E-state index in [2.05, 4.69) is 0 Å². The summed E-state index contributed by atoms with van der Waals surface area (Å²) in [6, 6.07) is 23.5. The lowest BCUT2D eigenvalue weighted by Crippen LogP contribution is -2.25. The van der Waals surface area contributed by atoms with E-state index in [1.807, 2.05) is 43.3 Å². The molecule has 0 unspecified atom stereocenters. The molecule has 0 bridgehead atoms. The number of fused-ring (bicyclic) bond motifs is 1. The standard InChI is InChI=1S/C24H21NO4S/c1-17-13-14-21-20(15-17)23(22(24(26)29-2)19-11-7-4-8-12-19)25(30(21,27)28)16-18-9-5-3-6-10-18/h3-15H,16H2,1-2H3/b23-22+. The molecule has 0 fully saturated rings. The van der Waals surface area contributed by atoms with Crippen molar-refractivity contribution in [2.45, 2.75) is 18.4 Å². The molecule has 0 radical (unpaired) electrons. The van der Waals surface area contributed by atoms with Crippen molar-refractivity contribution in [2.75, 3.05) is 7.11 Å². The molecule has 6 heteroatoms. The van der Waals surface area contributed by atoms with Gasteiger partial charge >= 0.3 is 5.97 Å². The lowest BCUT2D eigenvalue weighted by atomic mass is 9.98. The molecule has 0 N–H and O–H groups in total. The highest BCUT2D eigenvalue weighted by molar-refractivity contribution is 7.90. The molecule has 0 aromatic heterocycles. The molecule has 1 aliphatic rings. The molecule has 0 saturated heterocycles. The average molecular weight is 420 g/mol. The molecule has 3 aromatic rings. The number of esters is 1. The van der Waals surface area contributed by atoms with Crippen molar-refractivity contribution in [1.82, 2.24) is 4.31 Å². The van der Waals surface area contributed by atoms with Crippen LogP contribution in [-0.2, 0) is 26.1 Å². The quantitative estimate of drug-likeness (QED) is 0.469. The summed E-state index contributed by atoms with van der Waals surface area (Å²) in [5.74, 6) is -0.584. The number of benzene rings is 3. The first-order chi connectivity index (χ1) is 14.4. The minimum absolute atomic E-state index is 0.111. The zero-order valence-corrected chi connectivity index (χ0v) is 17.5. The molecule has 0 saturated carbocycles. The number of nitrogens with zero attached hydrogens (tertiary/aromatic N) is 1. The van der Waals surface area contributed by atoms with E-state index in [-0.39, 0.29) is 17.0 Å². The van der Waals surface area contributed by atoms with Crippen molar-refractivity contribution >= 4 is 27.3 Å². The minimum Gasteiger partial charge on any atom is -0.465 e. The van der Waals surface area contributed by atoms with Gasteiger partial charge < -0.3 is 4.74 Å². The van der Waals surface area contributed by atoms with Crippen molar-refractivity contribution in [3.63, 3.8) is 0 Å². The predicted molar refractivity (Wildman–Crippen MR) is 116 cm³/mol. The zero-order valence-electron chi connectivity index (χ0n) is 16.7. The summed E-state index contributed by atoms with van der Waals surface area (Å²) in [6.45, 7) is 2.00. The number of carbonyl (C=O) groups is 1. The summed E-state index contributed by atoms with van der Waals surface area (Å²) >= 11 is 0. The first kappa shape index (κ1) is 19.9. The molecule has 4 rings (SSSR count). The van der Waals surface area contributed by atoms with Gasteiger partial charge in [-0.05, 0) is 30.2 Å². The van der Waals surface area contributed by atoms with Gasteiger partial charge in [-0.2, -0.15) is 0 Å². The fourth-order valence-electron chi connectivity index (χ4n) is 3.66. The van der Waals surface area contributed by atoms with Crippen LogP contribution in [0.1, 0.15) is 22.3 Å². The van der Waals surface area contributed by atoms with Gasteiger partial charge in [0.2, 0.25) is 0 Å². The summed E-state index contributed by atoms with van der Waals surface area (Å²) in [5.41, 5.74) is 3.40. The van der Waals surface area contributed by atoms with E-state index >= 15 is 0 Å². The maximum atomic E-state index is 13.5. The van der Waals surface area contributed by atoms with Gasteiger partial charge in [-0.15, -0.1) is 0 Å². The van der Waals surface area contributed by atoms with Gasteiger partial charge in [0.05, 0.1) is 29.8 Å². The van der Waals surface area contributed by atoms with Crippen LogP contribution in [0.25, 0.3) is 11.3 Å². The molecular formula is C24H21NO4S. The molecule has 5 nitrogen and oxygen atoms in total. The van der Waals surface area contributed by atoms with Gasteiger partial charge in [-0.3, -0.25) is 4.31 Å². The Kier molecular flexibility index (Phi) is 5.18. The van der Waals surface area contributed by atoms with Crippen molar-refractivity contribution in [1.29, 1.82) is 0 Å². The van der Waals surface area contributed by atoms with Crippen molar-refractivity contribution < 1.29 is 17.9 Å². The fourth-order valence-corrected chi connectivity index (χ4v) is 5.32. The SMILES string of the molecule is COC(=O)/C(=C1\c2cc(C)ccc2S(=O)(=O)N1Cc1ccccc1)c1ccccc1. The van der Waals surface area contributed by atoms with E-state index in [4.69, 9.17) is 4.74 Å². The number of hydrogen-bond donors (Lipinski definition) is 0. The number of ether oxygens (including phenoxy) is 1. The van der Waals surface area contributed by atoms with E-state index in [9.17, 15) is 13.2 Å². The van der Waals surface area contributed by atoms with Gasteiger partial charge in [0.25, 0.3) is 10.0 Å². The number of rotatable bonds is 4. The van der Waals surface area contributed by atoms with Crippen LogP contribution in [0.2, 0.25) is 0 Å². The summed E-state index contributed by atoms with van der Waals surface area (Å²) in [4.78, 5) is 13.1. The summed E-state index contributed by atoms with van der Waals surface area (Å²) < 4.78 is 33.4. The van der Waals surface area contributed by atoms with Crippen LogP contribution in [0.3, 0.4) is 0 Å². The van der Waals surface area contributed by atoms with Crippen LogP contribution in [0, 0.1) is 6.92 Å². The molecular weight excluding hydrogens is 398 g/mol. The fraction of sp³-hybridized carbons (Fsp3) is 0.125. The van der Waals surface area contributed by atoms with Crippen molar-refractivity contribution in [3.8, 4) is 0 Å². The Balaban J connectivity index is 2.05. The highest BCUT2D eigenvalue weighted by Gasteiger charge is 2.41. The van der Waals surface area contributed by atoms with E-state index in [1.165, 1.54) is 11.4 Å². The summed E-state index contributed by atoms with van der Waals surface area (Å²) in [5, 5.41) is 0. The van der Waals surface area contributed by atoms with Gasteiger partial charge in [-0.1, -0.05) is 72.3 Å². The number of sulfonamides is 1. The Morgan fingerprint density at radius 2 is 1.57 bits per heavy atom. The first-order valence-electron chi connectivity index (χ1n) is 9.49. The van der Waals surface area contributed by atoms with Gasteiger partial charge in [0, 0.05) is 5.56 Å². The summed E-state index contributed by atoms with van der Waals surface area (Å²) in [6.07, 6.45) is 0. The molecule has 0 aliphatic carbocycles. The monoisotopic (exact) mass is 419 g/mol. The van der Waals surface area contributed by atoms with Crippen LogP contribution < -0.4 is 0 Å². The minimum atomic E-state index is -3.84. The molecule has 0 amide bonds. The van der Waals surface area contributed by atoms with Crippen LogP contribution in [0.4, 0.5) is 0 Å². The third-order valence-corrected chi connectivity index (χ3v) is 6.87.